The molecule has 0 saturated heterocycles. The zero-order valence-electron chi connectivity index (χ0n) is 37.9. The van der Waals surface area contributed by atoms with E-state index in [9.17, 15) is 14.4 Å². The maximum absolute atomic E-state index is 12.7. The first-order chi connectivity index (χ1) is 28.0. The molecule has 0 heterocycles. The van der Waals surface area contributed by atoms with E-state index < -0.39 is 6.10 Å². The average Bonchev–Trinajstić information content (AvgIpc) is 3.21. The van der Waals surface area contributed by atoms with E-state index in [-0.39, 0.29) is 31.1 Å². The smallest absolute Gasteiger partial charge is 0.306 e. The number of hydrogen-bond donors (Lipinski definition) is 0. The van der Waals surface area contributed by atoms with Gasteiger partial charge in [0.15, 0.2) is 6.10 Å². The molecule has 0 bridgehead atoms. The lowest BCUT2D eigenvalue weighted by Crippen LogP contribution is -2.30. The molecule has 0 N–H and O–H groups in total. The van der Waals surface area contributed by atoms with Crippen molar-refractivity contribution < 1.29 is 28.6 Å². The SMILES string of the molecule is CCC/C=C\CCCCCCCC(=O)OC(COC(=O)CCCCCCCCCC)COC(=O)CCCCCCCCCCC/C=C\C/C=C\CCCCCCC. The summed E-state index contributed by atoms with van der Waals surface area (Å²) in [6.07, 6.45) is 52.9. The van der Waals surface area contributed by atoms with Crippen molar-refractivity contribution in [3.8, 4) is 0 Å². The Morgan fingerprint density at radius 3 is 1.05 bits per heavy atom. The molecule has 0 amide bonds. The van der Waals surface area contributed by atoms with E-state index in [0.717, 1.165) is 83.5 Å². The summed E-state index contributed by atoms with van der Waals surface area (Å²) >= 11 is 0. The molecule has 0 aliphatic rings. The number of esters is 3. The Bertz CT molecular complexity index is 969. The summed E-state index contributed by atoms with van der Waals surface area (Å²) in [6.45, 7) is 6.53. The molecule has 0 saturated carbocycles. The van der Waals surface area contributed by atoms with Gasteiger partial charge in [0, 0.05) is 19.3 Å². The number of ether oxygens (including phenoxy) is 3. The number of carbonyl (C=O) groups is 3. The molecule has 0 aromatic carbocycles. The Morgan fingerprint density at radius 1 is 0.351 bits per heavy atom. The molecular formula is C51H92O6. The molecular weight excluding hydrogens is 709 g/mol. The van der Waals surface area contributed by atoms with E-state index >= 15 is 0 Å². The Kier molecular flexibility index (Phi) is 44.4. The van der Waals surface area contributed by atoms with Crippen molar-refractivity contribution in [2.45, 2.75) is 258 Å². The van der Waals surface area contributed by atoms with Crippen LogP contribution in [0.25, 0.3) is 0 Å². The average molecular weight is 801 g/mol. The van der Waals surface area contributed by atoms with Gasteiger partial charge in [0.1, 0.15) is 13.2 Å². The first kappa shape index (κ1) is 54.6. The van der Waals surface area contributed by atoms with Crippen molar-refractivity contribution in [3.63, 3.8) is 0 Å². The summed E-state index contributed by atoms with van der Waals surface area (Å²) in [5.41, 5.74) is 0. The fourth-order valence-corrected chi connectivity index (χ4v) is 6.89. The molecule has 0 fully saturated rings. The summed E-state index contributed by atoms with van der Waals surface area (Å²) in [4.78, 5) is 37.7. The number of hydrogen-bond acceptors (Lipinski definition) is 6. The molecule has 0 aliphatic carbocycles. The van der Waals surface area contributed by atoms with E-state index in [0.29, 0.717) is 19.3 Å². The minimum atomic E-state index is -0.772. The van der Waals surface area contributed by atoms with E-state index in [2.05, 4.69) is 57.2 Å². The van der Waals surface area contributed by atoms with Crippen LogP contribution >= 0.6 is 0 Å². The minimum absolute atomic E-state index is 0.0753. The second kappa shape index (κ2) is 46.3. The van der Waals surface area contributed by atoms with Gasteiger partial charge in [0.25, 0.3) is 0 Å². The lowest BCUT2D eigenvalue weighted by Gasteiger charge is -2.18. The molecule has 57 heavy (non-hydrogen) atoms. The Hall–Kier alpha value is -2.37. The second-order valence-corrected chi connectivity index (χ2v) is 16.4. The predicted molar refractivity (Wildman–Crippen MR) is 242 cm³/mol. The monoisotopic (exact) mass is 801 g/mol. The Morgan fingerprint density at radius 2 is 0.667 bits per heavy atom. The van der Waals surface area contributed by atoms with E-state index in [4.69, 9.17) is 14.2 Å². The molecule has 0 aromatic heterocycles. The topological polar surface area (TPSA) is 78.9 Å². The van der Waals surface area contributed by atoms with Crippen molar-refractivity contribution in [2.24, 2.45) is 0 Å². The van der Waals surface area contributed by atoms with Crippen LogP contribution in [0, 0.1) is 0 Å². The maximum atomic E-state index is 12.7. The van der Waals surface area contributed by atoms with Gasteiger partial charge >= 0.3 is 17.9 Å². The molecule has 6 nitrogen and oxygen atoms in total. The molecule has 0 rings (SSSR count). The van der Waals surface area contributed by atoms with E-state index in [1.54, 1.807) is 0 Å². The summed E-state index contributed by atoms with van der Waals surface area (Å²) < 4.78 is 16.7. The largest absolute Gasteiger partial charge is 0.462 e. The van der Waals surface area contributed by atoms with Crippen molar-refractivity contribution in [3.05, 3.63) is 36.5 Å². The third-order valence-corrected chi connectivity index (χ3v) is 10.6. The highest BCUT2D eigenvalue weighted by molar-refractivity contribution is 5.71. The normalized spacial score (nSPS) is 12.3. The van der Waals surface area contributed by atoms with Gasteiger partial charge in [-0.2, -0.15) is 0 Å². The summed E-state index contributed by atoms with van der Waals surface area (Å²) in [5, 5.41) is 0. The zero-order valence-corrected chi connectivity index (χ0v) is 37.9. The van der Waals surface area contributed by atoms with E-state index in [1.165, 1.54) is 128 Å². The van der Waals surface area contributed by atoms with Crippen LogP contribution in [0.3, 0.4) is 0 Å². The van der Waals surface area contributed by atoms with Crippen LogP contribution in [-0.2, 0) is 28.6 Å². The van der Waals surface area contributed by atoms with Crippen LogP contribution in [0.1, 0.15) is 252 Å². The number of carbonyl (C=O) groups excluding carboxylic acids is 3. The maximum Gasteiger partial charge on any atom is 0.306 e. The zero-order chi connectivity index (χ0) is 41.5. The van der Waals surface area contributed by atoms with Gasteiger partial charge in [-0.15, -0.1) is 0 Å². The van der Waals surface area contributed by atoms with Gasteiger partial charge < -0.3 is 14.2 Å². The summed E-state index contributed by atoms with van der Waals surface area (Å²) in [6, 6.07) is 0. The highest BCUT2D eigenvalue weighted by Gasteiger charge is 2.19. The second-order valence-electron chi connectivity index (χ2n) is 16.4. The van der Waals surface area contributed by atoms with Crippen molar-refractivity contribution in [1.82, 2.24) is 0 Å². The van der Waals surface area contributed by atoms with Crippen molar-refractivity contribution in [2.75, 3.05) is 13.2 Å². The molecule has 0 aromatic rings. The molecule has 332 valence electrons. The van der Waals surface area contributed by atoms with Crippen LogP contribution in [0.2, 0.25) is 0 Å². The first-order valence-electron chi connectivity index (χ1n) is 24.5. The lowest BCUT2D eigenvalue weighted by atomic mass is 10.1. The van der Waals surface area contributed by atoms with Crippen molar-refractivity contribution in [1.29, 1.82) is 0 Å². The highest BCUT2D eigenvalue weighted by Crippen LogP contribution is 2.14. The van der Waals surface area contributed by atoms with Crippen LogP contribution in [0.4, 0.5) is 0 Å². The fraction of sp³-hybridized carbons (Fsp3) is 0.824. The molecule has 0 aliphatic heterocycles. The third kappa shape index (κ3) is 44.6. The van der Waals surface area contributed by atoms with Crippen molar-refractivity contribution >= 4 is 17.9 Å². The highest BCUT2D eigenvalue weighted by atomic mass is 16.6. The Labute approximate surface area is 353 Å². The quantitative estimate of drug-likeness (QED) is 0.0264. The fourth-order valence-electron chi connectivity index (χ4n) is 6.89. The number of unbranched alkanes of at least 4 members (excludes halogenated alkanes) is 27. The van der Waals surface area contributed by atoms with Gasteiger partial charge in [-0.1, -0.05) is 198 Å². The molecule has 6 heteroatoms. The van der Waals surface area contributed by atoms with Gasteiger partial charge in [-0.3, -0.25) is 14.4 Å². The molecule has 1 atom stereocenters. The van der Waals surface area contributed by atoms with Gasteiger partial charge in [-0.25, -0.2) is 0 Å². The standard InChI is InChI=1S/C51H92O6/c1-4-7-10-13-16-19-21-22-23-24-25-26-27-28-29-30-31-33-35-38-41-44-50(53)56-47-48(46-55-49(52)43-40-37-34-18-15-12-9-6-3)57-51(54)45-42-39-36-32-20-17-14-11-8-5-2/h11,14,21-22,24-25,48H,4-10,12-13,15-20,23,26-47H2,1-3H3/b14-11-,22-21-,25-24-. The molecule has 0 spiro atoms. The lowest BCUT2D eigenvalue weighted by molar-refractivity contribution is -0.167. The van der Waals surface area contributed by atoms with E-state index in [1.807, 2.05) is 0 Å². The number of allylic oxidation sites excluding steroid dienone is 6. The minimum Gasteiger partial charge on any atom is -0.462 e. The van der Waals surface area contributed by atoms with Gasteiger partial charge in [-0.05, 0) is 70.6 Å². The van der Waals surface area contributed by atoms with Crippen LogP contribution < -0.4 is 0 Å². The first-order valence-corrected chi connectivity index (χ1v) is 24.5. The number of rotatable bonds is 44. The van der Waals surface area contributed by atoms with Crippen LogP contribution in [0.5, 0.6) is 0 Å². The summed E-state index contributed by atoms with van der Waals surface area (Å²) in [5.74, 6) is -0.891. The third-order valence-electron chi connectivity index (χ3n) is 10.6. The summed E-state index contributed by atoms with van der Waals surface area (Å²) in [7, 11) is 0. The van der Waals surface area contributed by atoms with Gasteiger partial charge in [0.2, 0.25) is 0 Å². The predicted octanol–water partition coefficient (Wildman–Crippen LogP) is 15.8. The Balaban J connectivity index is 4.20. The van der Waals surface area contributed by atoms with Crippen LogP contribution in [-0.4, -0.2) is 37.2 Å². The molecule has 1 unspecified atom stereocenters. The van der Waals surface area contributed by atoms with Crippen LogP contribution in [0.15, 0.2) is 36.5 Å². The molecule has 0 radical (unpaired) electrons. The van der Waals surface area contributed by atoms with Gasteiger partial charge in [0.05, 0.1) is 0 Å².